The van der Waals surface area contributed by atoms with Crippen molar-refractivity contribution in [3.8, 4) is 0 Å². The van der Waals surface area contributed by atoms with Gasteiger partial charge in [0.25, 0.3) is 0 Å². The Morgan fingerprint density at radius 3 is 2.73 bits per heavy atom. The summed E-state index contributed by atoms with van der Waals surface area (Å²) in [6.45, 7) is 2.14. The SMILES string of the molecule is CCC=Cc1ccc2ccccc2c1Br. The Kier molecular flexibility index (Phi) is 3.22. The molecule has 0 N–H and O–H groups in total. The van der Waals surface area contributed by atoms with E-state index in [0.717, 1.165) is 6.42 Å². The van der Waals surface area contributed by atoms with Gasteiger partial charge in [-0.1, -0.05) is 55.5 Å². The molecular formula is C14H13Br. The van der Waals surface area contributed by atoms with Crippen LogP contribution in [0.4, 0.5) is 0 Å². The third-order valence-electron chi connectivity index (χ3n) is 2.43. The van der Waals surface area contributed by atoms with E-state index in [2.05, 4.69) is 71.4 Å². The maximum Gasteiger partial charge on any atom is 0.0326 e. The first-order valence-corrected chi connectivity index (χ1v) is 5.96. The summed E-state index contributed by atoms with van der Waals surface area (Å²) in [5.41, 5.74) is 1.25. The third kappa shape index (κ3) is 2.13. The van der Waals surface area contributed by atoms with Crippen LogP contribution in [0.1, 0.15) is 18.9 Å². The van der Waals surface area contributed by atoms with Gasteiger partial charge in [0.15, 0.2) is 0 Å². The minimum Gasteiger partial charge on any atom is -0.0842 e. The van der Waals surface area contributed by atoms with Crippen molar-refractivity contribution in [1.29, 1.82) is 0 Å². The Hall–Kier alpha value is -1.08. The maximum absolute atomic E-state index is 3.66. The second-order valence-electron chi connectivity index (χ2n) is 3.50. The molecule has 2 aromatic carbocycles. The number of halogens is 1. The summed E-state index contributed by atoms with van der Waals surface area (Å²) in [6, 6.07) is 12.7. The van der Waals surface area contributed by atoms with Gasteiger partial charge in [0.1, 0.15) is 0 Å². The predicted octanol–water partition coefficient (Wildman–Crippen LogP) is 5.03. The highest BCUT2D eigenvalue weighted by Crippen LogP contribution is 2.28. The highest BCUT2D eigenvalue weighted by Gasteiger charge is 2.01. The molecule has 76 valence electrons. The molecule has 0 nitrogen and oxygen atoms in total. The molecule has 0 saturated heterocycles. The van der Waals surface area contributed by atoms with Gasteiger partial charge in [0.05, 0.1) is 0 Å². The fourth-order valence-corrected chi connectivity index (χ4v) is 2.25. The smallest absolute Gasteiger partial charge is 0.0326 e. The lowest BCUT2D eigenvalue weighted by atomic mass is 10.1. The molecular weight excluding hydrogens is 248 g/mol. The molecule has 0 saturated carbocycles. The topological polar surface area (TPSA) is 0 Å². The summed E-state index contributed by atoms with van der Waals surface area (Å²) in [4.78, 5) is 0. The van der Waals surface area contributed by atoms with Gasteiger partial charge in [-0.25, -0.2) is 0 Å². The van der Waals surface area contributed by atoms with Crippen LogP contribution in [-0.4, -0.2) is 0 Å². The second-order valence-corrected chi connectivity index (χ2v) is 4.29. The van der Waals surface area contributed by atoms with E-state index in [1.807, 2.05) is 0 Å². The van der Waals surface area contributed by atoms with Crippen LogP contribution in [-0.2, 0) is 0 Å². The standard InChI is InChI=1S/C14H13Br/c1-2-3-6-12-10-9-11-7-4-5-8-13(11)14(12)15/h3-10H,2H2,1H3. The lowest BCUT2D eigenvalue weighted by molar-refractivity contribution is 1.23. The van der Waals surface area contributed by atoms with Crippen LogP contribution in [0.2, 0.25) is 0 Å². The minimum atomic E-state index is 1.07. The van der Waals surface area contributed by atoms with Gasteiger partial charge in [-0.2, -0.15) is 0 Å². The van der Waals surface area contributed by atoms with Crippen LogP contribution < -0.4 is 0 Å². The van der Waals surface area contributed by atoms with Gasteiger partial charge in [-0.05, 0) is 38.7 Å². The summed E-state index contributed by atoms with van der Waals surface area (Å²) >= 11 is 3.66. The third-order valence-corrected chi connectivity index (χ3v) is 3.31. The van der Waals surface area contributed by atoms with Crippen molar-refractivity contribution >= 4 is 32.8 Å². The van der Waals surface area contributed by atoms with E-state index in [1.54, 1.807) is 0 Å². The summed E-state index contributed by atoms with van der Waals surface area (Å²) in [5.74, 6) is 0. The molecule has 0 radical (unpaired) electrons. The van der Waals surface area contributed by atoms with Crippen molar-refractivity contribution in [3.05, 3.63) is 52.5 Å². The molecule has 0 spiro atoms. The zero-order valence-electron chi connectivity index (χ0n) is 8.70. The number of hydrogen-bond acceptors (Lipinski definition) is 0. The highest BCUT2D eigenvalue weighted by atomic mass is 79.9. The van der Waals surface area contributed by atoms with Crippen molar-refractivity contribution in [1.82, 2.24) is 0 Å². The molecule has 0 unspecified atom stereocenters. The summed E-state index contributed by atoms with van der Waals surface area (Å²) in [5, 5.41) is 2.55. The molecule has 0 aliphatic rings. The van der Waals surface area contributed by atoms with E-state index in [1.165, 1.54) is 20.8 Å². The Labute approximate surface area is 98.8 Å². The number of benzene rings is 2. The van der Waals surface area contributed by atoms with Crippen LogP contribution >= 0.6 is 15.9 Å². The van der Waals surface area contributed by atoms with Gasteiger partial charge in [-0.15, -0.1) is 0 Å². The summed E-state index contributed by atoms with van der Waals surface area (Å²) in [6.07, 6.45) is 5.41. The van der Waals surface area contributed by atoms with Gasteiger partial charge < -0.3 is 0 Å². The molecule has 0 heterocycles. The first-order valence-electron chi connectivity index (χ1n) is 5.16. The zero-order chi connectivity index (χ0) is 10.7. The second kappa shape index (κ2) is 4.63. The summed E-state index contributed by atoms with van der Waals surface area (Å²) in [7, 11) is 0. The van der Waals surface area contributed by atoms with E-state index >= 15 is 0 Å². The van der Waals surface area contributed by atoms with Gasteiger partial charge >= 0.3 is 0 Å². The molecule has 1 heteroatoms. The Morgan fingerprint density at radius 2 is 1.93 bits per heavy atom. The van der Waals surface area contributed by atoms with Gasteiger partial charge in [0.2, 0.25) is 0 Å². The quantitative estimate of drug-likeness (QED) is 0.711. The molecule has 15 heavy (non-hydrogen) atoms. The fourth-order valence-electron chi connectivity index (χ4n) is 1.62. The van der Waals surface area contributed by atoms with Crippen molar-refractivity contribution in [2.45, 2.75) is 13.3 Å². The van der Waals surface area contributed by atoms with Crippen molar-refractivity contribution in [2.24, 2.45) is 0 Å². The Balaban J connectivity index is 2.60. The first-order chi connectivity index (χ1) is 7.33. The van der Waals surface area contributed by atoms with E-state index in [-0.39, 0.29) is 0 Å². The lowest BCUT2D eigenvalue weighted by Gasteiger charge is -2.03. The molecule has 0 amide bonds. The molecule has 2 aromatic rings. The normalized spacial score (nSPS) is 11.3. The van der Waals surface area contributed by atoms with Crippen molar-refractivity contribution < 1.29 is 0 Å². The Morgan fingerprint density at radius 1 is 1.13 bits per heavy atom. The largest absolute Gasteiger partial charge is 0.0842 e. The maximum atomic E-state index is 3.66. The highest BCUT2D eigenvalue weighted by molar-refractivity contribution is 9.10. The Bertz CT molecular complexity index is 498. The molecule has 0 atom stereocenters. The van der Waals surface area contributed by atoms with E-state index in [0.29, 0.717) is 0 Å². The van der Waals surface area contributed by atoms with Crippen molar-refractivity contribution in [3.63, 3.8) is 0 Å². The zero-order valence-corrected chi connectivity index (χ0v) is 10.3. The van der Waals surface area contributed by atoms with E-state index < -0.39 is 0 Å². The monoisotopic (exact) mass is 260 g/mol. The molecule has 0 fully saturated rings. The number of allylic oxidation sites excluding steroid dienone is 1. The minimum absolute atomic E-state index is 1.07. The van der Waals surface area contributed by atoms with Gasteiger partial charge in [0, 0.05) is 4.47 Å². The van der Waals surface area contributed by atoms with E-state index in [4.69, 9.17) is 0 Å². The number of hydrogen-bond donors (Lipinski definition) is 0. The predicted molar refractivity (Wildman–Crippen MR) is 71.0 cm³/mol. The molecule has 0 bridgehead atoms. The lowest BCUT2D eigenvalue weighted by Crippen LogP contribution is -1.79. The average molecular weight is 261 g/mol. The van der Waals surface area contributed by atoms with Crippen LogP contribution in [0.15, 0.2) is 46.9 Å². The number of fused-ring (bicyclic) bond motifs is 1. The molecule has 0 aliphatic carbocycles. The molecule has 0 aliphatic heterocycles. The average Bonchev–Trinajstić information content (AvgIpc) is 2.29. The number of rotatable bonds is 2. The van der Waals surface area contributed by atoms with Crippen molar-refractivity contribution in [2.75, 3.05) is 0 Å². The van der Waals surface area contributed by atoms with Crippen LogP contribution in [0.25, 0.3) is 16.8 Å². The molecule has 2 rings (SSSR count). The van der Waals surface area contributed by atoms with Crippen LogP contribution in [0.3, 0.4) is 0 Å². The summed E-state index contributed by atoms with van der Waals surface area (Å²) < 4.78 is 1.19. The first kappa shape index (κ1) is 10.4. The molecule has 0 aromatic heterocycles. The van der Waals surface area contributed by atoms with Crippen LogP contribution in [0, 0.1) is 0 Å². The van der Waals surface area contributed by atoms with Crippen LogP contribution in [0.5, 0.6) is 0 Å². The van der Waals surface area contributed by atoms with Gasteiger partial charge in [-0.3, -0.25) is 0 Å². The fraction of sp³-hybridized carbons (Fsp3) is 0.143. The van der Waals surface area contributed by atoms with E-state index in [9.17, 15) is 0 Å².